The summed E-state index contributed by atoms with van der Waals surface area (Å²) in [6, 6.07) is 6.76. The van der Waals surface area contributed by atoms with E-state index in [9.17, 15) is 14.7 Å². The van der Waals surface area contributed by atoms with E-state index in [4.69, 9.17) is 9.26 Å². The molecule has 1 aromatic carbocycles. The average molecular weight is 503 g/mol. The number of methoxy groups -OCH3 is 1. The second-order valence-electron chi connectivity index (χ2n) is 10.5. The van der Waals surface area contributed by atoms with Crippen LogP contribution >= 0.6 is 0 Å². The Morgan fingerprint density at radius 3 is 2.49 bits per heavy atom. The highest BCUT2D eigenvalue weighted by Gasteiger charge is 2.31. The molecule has 2 amide bonds. The van der Waals surface area contributed by atoms with Crippen LogP contribution in [0, 0.1) is 5.92 Å². The average Bonchev–Trinajstić information content (AvgIpc) is 3.53. The van der Waals surface area contributed by atoms with Crippen LogP contribution in [0.3, 0.4) is 0 Å². The lowest BCUT2D eigenvalue weighted by Crippen LogP contribution is -2.50. The molecule has 0 unspecified atom stereocenters. The van der Waals surface area contributed by atoms with E-state index in [2.05, 4.69) is 36.3 Å². The minimum absolute atomic E-state index is 0.0259. The van der Waals surface area contributed by atoms with Gasteiger partial charge in [-0.3, -0.25) is 9.59 Å². The second-order valence-corrected chi connectivity index (χ2v) is 10.5. The van der Waals surface area contributed by atoms with E-state index in [0.717, 1.165) is 12.8 Å². The van der Waals surface area contributed by atoms with Crippen LogP contribution in [0.5, 0.6) is 5.75 Å². The van der Waals surface area contributed by atoms with E-state index in [1.54, 1.807) is 38.1 Å². The number of hydrogen-bond acceptors (Lipinski definition) is 10. The molecule has 0 atom stereocenters. The summed E-state index contributed by atoms with van der Waals surface area (Å²) >= 11 is 0. The topological polar surface area (TPSA) is 164 Å². The number of amides is 2. The van der Waals surface area contributed by atoms with E-state index < -0.39 is 16.7 Å². The standard InChI is InChI=1S/C22H28B3N7O5/c1-21(2,35)20-28-19(37-32-20)11-5-4-6-12(16(11)36-3)26-13-9-14(27-17(33)10-7-8-10)30-31-15(13)18(34)29-22(23,24)25/h4-6,9-10,35H,7-8,23-25H2,1-3H3,(H,29,34)(H2,26,27,30,33). The van der Waals surface area contributed by atoms with Crippen molar-refractivity contribution in [1.29, 1.82) is 0 Å². The number of carbonyl (C=O) groups is 2. The molecule has 4 rings (SSSR count). The van der Waals surface area contributed by atoms with E-state index in [-0.39, 0.29) is 35.1 Å². The number of benzene rings is 1. The van der Waals surface area contributed by atoms with Gasteiger partial charge in [0, 0.05) is 12.0 Å². The van der Waals surface area contributed by atoms with Crippen molar-refractivity contribution in [3.63, 3.8) is 0 Å². The van der Waals surface area contributed by atoms with Crippen molar-refractivity contribution in [3.8, 4) is 17.2 Å². The Bertz CT molecular complexity index is 1330. The van der Waals surface area contributed by atoms with Gasteiger partial charge in [0.25, 0.3) is 11.8 Å². The lowest BCUT2D eigenvalue weighted by atomic mass is 9.49. The highest BCUT2D eigenvalue weighted by atomic mass is 16.5. The summed E-state index contributed by atoms with van der Waals surface area (Å²) in [7, 11) is 7.05. The third-order valence-electron chi connectivity index (χ3n) is 5.39. The van der Waals surface area contributed by atoms with Gasteiger partial charge in [-0.05, 0) is 44.1 Å². The molecule has 3 aromatic rings. The number of rotatable bonds is 9. The molecule has 37 heavy (non-hydrogen) atoms. The zero-order chi connectivity index (χ0) is 27.0. The van der Waals surface area contributed by atoms with Crippen molar-refractivity contribution in [2.75, 3.05) is 17.7 Å². The van der Waals surface area contributed by atoms with E-state index >= 15 is 0 Å². The Kier molecular flexibility index (Phi) is 7.00. The molecule has 1 fully saturated rings. The predicted octanol–water partition coefficient (Wildman–Crippen LogP) is -0.905. The molecular weight excluding hydrogens is 475 g/mol. The Hall–Kier alpha value is -3.87. The predicted molar refractivity (Wildman–Crippen MR) is 144 cm³/mol. The molecule has 1 saturated carbocycles. The fourth-order valence-electron chi connectivity index (χ4n) is 3.44. The first-order valence-corrected chi connectivity index (χ1v) is 11.9. The van der Waals surface area contributed by atoms with Crippen molar-refractivity contribution in [1.82, 2.24) is 25.7 Å². The molecule has 0 saturated heterocycles. The Balaban J connectivity index is 1.72. The van der Waals surface area contributed by atoms with Crippen molar-refractivity contribution in [3.05, 3.63) is 35.8 Å². The number of anilines is 3. The van der Waals surface area contributed by atoms with Gasteiger partial charge < -0.3 is 30.3 Å². The summed E-state index contributed by atoms with van der Waals surface area (Å²) in [4.78, 5) is 29.6. The number of nitrogens with zero attached hydrogens (tertiary/aromatic N) is 4. The first-order chi connectivity index (χ1) is 17.4. The van der Waals surface area contributed by atoms with Crippen LogP contribution in [0.4, 0.5) is 17.2 Å². The van der Waals surface area contributed by atoms with Crippen LogP contribution in [0.2, 0.25) is 0 Å². The van der Waals surface area contributed by atoms with Crippen LogP contribution < -0.4 is 20.7 Å². The highest BCUT2D eigenvalue weighted by molar-refractivity contribution is 6.60. The van der Waals surface area contributed by atoms with Crippen LogP contribution in [0.1, 0.15) is 43.0 Å². The molecule has 2 aromatic heterocycles. The summed E-state index contributed by atoms with van der Waals surface area (Å²) in [5.74, 6) is 0.244. The smallest absolute Gasteiger partial charge is 0.272 e. The van der Waals surface area contributed by atoms with E-state index in [1.165, 1.54) is 7.11 Å². The summed E-state index contributed by atoms with van der Waals surface area (Å²) in [5, 5.41) is 30.5. The van der Waals surface area contributed by atoms with Crippen molar-refractivity contribution in [2.45, 2.75) is 37.5 Å². The van der Waals surface area contributed by atoms with Gasteiger partial charge in [-0.15, -0.1) is 10.2 Å². The van der Waals surface area contributed by atoms with Gasteiger partial charge in [0.2, 0.25) is 11.7 Å². The fourth-order valence-corrected chi connectivity index (χ4v) is 3.44. The lowest BCUT2D eigenvalue weighted by Gasteiger charge is -2.21. The molecule has 0 bridgehead atoms. The van der Waals surface area contributed by atoms with Gasteiger partial charge in [-0.1, -0.05) is 11.2 Å². The lowest BCUT2D eigenvalue weighted by molar-refractivity contribution is -0.117. The SMILES string of the molecule is BC(B)(B)NC(=O)c1nnc(NC(=O)C2CC2)cc1Nc1cccc(-c2nc(C(C)(C)O)no2)c1OC. The fraction of sp³-hybridized carbons (Fsp3) is 0.364. The number of nitrogens with one attached hydrogen (secondary N) is 3. The zero-order valence-electron chi connectivity index (χ0n) is 21.7. The Morgan fingerprint density at radius 2 is 1.89 bits per heavy atom. The van der Waals surface area contributed by atoms with Crippen LogP contribution in [0.15, 0.2) is 28.8 Å². The minimum atomic E-state index is -1.29. The zero-order valence-corrected chi connectivity index (χ0v) is 21.7. The van der Waals surface area contributed by atoms with Gasteiger partial charge >= 0.3 is 0 Å². The third kappa shape index (κ3) is 6.29. The Labute approximate surface area is 216 Å². The van der Waals surface area contributed by atoms with Gasteiger partial charge in [0.15, 0.2) is 17.3 Å². The first kappa shape index (κ1) is 26.2. The van der Waals surface area contributed by atoms with Crippen LogP contribution in [-0.4, -0.2) is 73.1 Å². The van der Waals surface area contributed by atoms with Crippen molar-refractivity contribution in [2.24, 2.45) is 5.92 Å². The Morgan fingerprint density at radius 1 is 1.16 bits per heavy atom. The monoisotopic (exact) mass is 503 g/mol. The van der Waals surface area contributed by atoms with Crippen LogP contribution in [-0.2, 0) is 10.4 Å². The molecule has 0 aliphatic heterocycles. The van der Waals surface area contributed by atoms with Gasteiger partial charge in [-0.25, -0.2) is 0 Å². The van der Waals surface area contributed by atoms with E-state index in [1.807, 2.05) is 23.5 Å². The number of ether oxygens (including phenoxy) is 1. The molecule has 190 valence electrons. The van der Waals surface area contributed by atoms with Crippen LogP contribution in [0.25, 0.3) is 11.5 Å². The molecule has 1 aliphatic rings. The molecule has 2 heterocycles. The molecular formula is C22H28B3N7O5. The summed E-state index contributed by atoms with van der Waals surface area (Å²) < 4.78 is 11.0. The quantitative estimate of drug-likeness (QED) is 0.269. The first-order valence-electron chi connectivity index (χ1n) is 11.9. The summed E-state index contributed by atoms with van der Waals surface area (Å²) in [6.07, 6.45) is 1.68. The number of aromatic nitrogens is 4. The molecule has 15 heteroatoms. The highest BCUT2D eigenvalue weighted by Crippen LogP contribution is 2.38. The third-order valence-corrected chi connectivity index (χ3v) is 5.39. The van der Waals surface area contributed by atoms with Crippen molar-refractivity contribution < 1.29 is 24.0 Å². The number of para-hydroxylation sites is 1. The molecule has 1 aliphatic carbocycles. The van der Waals surface area contributed by atoms with Gasteiger partial charge in [0.05, 0.1) is 24.0 Å². The normalized spacial score (nSPS) is 13.6. The molecule has 12 nitrogen and oxygen atoms in total. The number of aliphatic hydroxyl groups is 1. The van der Waals surface area contributed by atoms with Gasteiger partial charge in [-0.2, -0.15) is 4.98 Å². The maximum atomic E-state index is 13.0. The number of hydrogen-bond donors (Lipinski definition) is 4. The van der Waals surface area contributed by atoms with Gasteiger partial charge in [0.1, 0.15) is 29.1 Å². The summed E-state index contributed by atoms with van der Waals surface area (Å²) in [5.41, 5.74) is 0.000130. The second kappa shape index (κ2) is 9.89. The largest absolute Gasteiger partial charge is 0.494 e. The summed E-state index contributed by atoms with van der Waals surface area (Å²) in [6.45, 7) is 3.11. The van der Waals surface area contributed by atoms with Crippen molar-refractivity contribution >= 4 is 52.5 Å². The molecule has 0 spiro atoms. The minimum Gasteiger partial charge on any atom is -0.494 e. The maximum Gasteiger partial charge on any atom is 0.272 e. The van der Waals surface area contributed by atoms with E-state index in [0.29, 0.717) is 22.7 Å². The molecule has 0 radical (unpaired) electrons. The maximum absolute atomic E-state index is 13.0. The number of carbonyl (C=O) groups excluding carboxylic acids is 2. The molecule has 4 N–H and O–H groups in total.